The first-order valence-electron chi connectivity index (χ1n) is 6.67. The van der Waals surface area contributed by atoms with Crippen LogP contribution in [0.1, 0.15) is 27.6 Å². The second-order valence-corrected chi connectivity index (χ2v) is 4.39. The Morgan fingerprint density at radius 3 is 1.16 bits per heavy atom. The molecule has 0 aliphatic heterocycles. The maximum absolute atomic E-state index is 10.1. The first-order chi connectivity index (χ1) is 11.3. The van der Waals surface area contributed by atoms with Crippen molar-refractivity contribution >= 4 is 41.0 Å². The number of aliphatic carboxylic acids is 1. The fourth-order valence-electron chi connectivity index (χ4n) is 1.15. The number of rotatable bonds is 3. The summed E-state index contributed by atoms with van der Waals surface area (Å²) in [6, 6.07) is 16.1. The number of aromatic carboxylic acids is 2. The van der Waals surface area contributed by atoms with Crippen molar-refractivity contribution in [3.05, 3.63) is 83.9 Å². The minimum Gasteiger partial charge on any atom is -0.545 e. The van der Waals surface area contributed by atoms with Crippen molar-refractivity contribution in [3.63, 3.8) is 0 Å². The molecule has 0 spiro atoms. The number of benzene rings is 2. The van der Waals surface area contributed by atoms with E-state index in [-0.39, 0.29) is 39.8 Å². The van der Waals surface area contributed by atoms with E-state index in [2.05, 4.69) is 6.58 Å². The number of carboxylic acids is 3. The van der Waals surface area contributed by atoms with E-state index in [4.69, 9.17) is 5.11 Å². The molecule has 126 valence electrons. The normalized spacial score (nSPS) is 8.20. The van der Waals surface area contributed by atoms with Crippen LogP contribution in [0.2, 0.25) is 0 Å². The predicted octanol–water partition coefficient (Wildman–Crippen LogP) is 0.366. The molecule has 0 radical (unpaired) electrons. The maximum atomic E-state index is 10.1. The van der Waals surface area contributed by atoms with E-state index in [1.807, 2.05) is 0 Å². The molecule has 0 aromatic heterocycles. The van der Waals surface area contributed by atoms with E-state index >= 15 is 0 Å². The molecule has 0 heterocycles. The third-order valence-electron chi connectivity index (χ3n) is 2.38. The second-order valence-electron chi connectivity index (χ2n) is 4.39. The number of hydrogen-bond acceptors (Lipinski definition) is 5. The fourth-order valence-corrected chi connectivity index (χ4v) is 1.15. The van der Waals surface area contributed by atoms with Gasteiger partial charge in [-0.3, -0.25) is 0 Å². The van der Waals surface area contributed by atoms with Gasteiger partial charge >= 0.3 is 29.0 Å². The number of carbonyl (C=O) groups excluding carboxylic acids is 2. The monoisotopic (exact) mass is 352 g/mol. The van der Waals surface area contributed by atoms with E-state index in [1.165, 1.54) is 31.2 Å². The van der Waals surface area contributed by atoms with Gasteiger partial charge in [-0.05, 0) is 18.1 Å². The van der Waals surface area contributed by atoms with Gasteiger partial charge in [-0.15, -0.1) is 0 Å². The molecule has 2 aromatic carbocycles. The second kappa shape index (κ2) is 13.8. The van der Waals surface area contributed by atoms with Crippen LogP contribution in [0.15, 0.2) is 72.8 Å². The SMILES string of the molecule is C=C(C)C(=O)O.O=C([O-])c1ccccc1.O=C([O-])c1ccccc1.[Mg+2]. The molecule has 0 unspecified atom stereocenters. The molecule has 0 atom stereocenters. The number of carbonyl (C=O) groups is 3. The van der Waals surface area contributed by atoms with Crippen LogP contribution in [0, 0.1) is 0 Å². The zero-order valence-electron chi connectivity index (χ0n) is 13.7. The van der Waals surface area contributed by atoms with Gasteiger partial charge in [0.1, 0.15) is 0 Å². The minimum atomic E-state index is -1.13. The predicted molar refractivity (Wildman–Crippen MR) is 89.7 cm³/mol. The molecule has 25 heavy (non-hydrogen) atoms. The van der Waals surface area contributed by atoms with Gasteiger partial charge in [0.05, 0.1) is 11.9 Å². The van der Waals surface area contributed by atoms with E-state index in [0.717, 1.165) is 0 Å². The van der Waals surface area contributed by atoms with Crippen LogP contribution < -0.4 is 10.2 Å². The Morgan fingerprint density at radius 1 is 0.800 bits per heavy atom. The van der Waals surface area contributed by atoms with Crippen molar-refractivity contribution in [2.45, 2.75) is 6.92 Å². The summed E-state index contributed by atoms with van der Waals surface area (Å²) in [5, 5.41) is 28.1. The van der Waals surface area contributed by atoms with Crippen LogP contribution in [0.3, 0.4) is 0 Å². The van der Waals surface area contributed by atoms with Crippen molar-refractivity contribution in [1.82, 2.24) is 0 Å². The molecule has 7 heteroatoms. The smallest absolute Gasteiger partial charge is 0.545 e. The number of hydrogen-bond donors (Lipinski definition) is 1. The largest absolute Gasteiger partial charge is 2.00 e. The van der Waals surface area contributed by atoms with Crippen LogP contribution in [-0.2, 0) is 4.79 Å². The molecule has 1 N–H and O–H groups in total. The zero-order valence-corrected chi connectivity index (χ0v) is 15.1. The molecule has 0 aliphatic carbocycles. The molecule has 0 amide bonds. The maximum Gasteiger partial charge on any atom is 2.00 e. The summed E-state index contributed by atoms with van der Waals surface area (Å²) in [5.74, 6) is -3.19. The Bertz CT molecular complexity index is 622. The van der Waals surface area contributed by atoms with Crippen molar-refractivity contribution < 1.29 is 29.7 Å². The van der Waals surface area contributed by atoms with Crippen molar-refractivity contribution in [2.75, 3.05) is 0 Å². The Kier molecular flexibility index (Phi) is 13.5. The van der Waals surface area contributed by atoms with Gasteiger partial charge in [-0.1, -0.05) is 67.2 Å². The van der Waals surface area contributed by atoms with Crippen LogP contribution in [0.5, 0.6) is 0 Å². The Balaban J connectivity index is 0. The topological polar surface area (TPSA) is 118 Å². The summed E-state index contributed by atoms with van der Waals surface area (Å²) in [7, 11) is 0. The van der Waals surface area contributed by atoms with Gasteiger partial charge in [0.15, 0.2) is 0 Å². The quantitative estimate of drug-likeness (QED) is 0.629. The summed E-state index contributed by atoms with van der Waals surface area (Å²) in [6.45, 7) is 4.60. The van der Waals surface area contributed by atoms with E-state index < -0.39 is 17.9 Å². The summed E-state index contributed by atoms with van der Waals surface area (Å²) in [5.41, 5.74) is 0.616. The third kappa shape index (κ3) is 12.4. The summed E-state index contributed by atoms with van der Waals surface area (Å²) in [6.07, 6.45) is 0. The molecular weight excluding hydrogens is 336 g/mol. The standard InChI is InChI=1S/2C7H6O2.C4H6O2.Mg/c2*8-7(9)6-4-2-1-3-5-6;1-3(2)4(5)6;/h2*1-5H,(H,8,9);1H2,2H3,(H,5,6);/q;;;+2/p-2. The third-order valence-corrected chi connectivity index (χ3v) is 2.38. The number of carboxylic acid groups (broad SMARTS) is 3. The fraction of sp³-hybridized carbons (Fsp3) is 0.0556. The van der Waals surface area contributed by atoms with Crippen molar-refractivity contribution in [2.24, 2.45) is 0 Å². The van der Waals surface area contributed by atoms with Gasteiger partial charge in [0.2, 0.25) is 0 Å². The van der Waals surface area contributed by atoms with Gasteiger partial charge in [-0.25, -0.2) is 4.79 Å². The molecule has 0 aliphatic rings. The zero-order chi connectivity index (χ0) is 18.5. The summed E-state index contributed by atoms with van der Waals surface area (Å²) < 4.78 is 0. The molecule has 2 aromatic rings. The van der Waals surface area contributed by atoms with Gasteiger partial charge in [-0.2, -0.15) is 0 Å². The van der Waals surface area contributed by atoms with Crippen molar-refractivity contribution in [3.8, 4) is 0 Å². The molecule has 0 fully saturated rings. The average molecular weight is 353 g/mol. The first-order valence-corrected chi connectivity index (χ1v) is 6.67. The molecule has 6 nitrogen and oxygen atoms in total. The van der Waals surface area contributed by atoms with Crippen LogP contribution in [0.4, 0.5) is 0 Å². The van der Waals surface area contributed by atoms with E-state index in [0.29, 0.717) is 0 Å². The Morgan fingerprint density at radius 2 is 1.04 bits per heavy atom. The molecular formula is C18H16MgO6. The van der Waals surface area contributed by atoms with Gasteiger partial charge in [0.25, 0.3) is 0 Å². The first kappa shape index (κ1) is 24.6. The van der Waals surface area contributed by atoms with E-state index in [1.54, 1.807) is 36.4 Å². The van der Waals surface area contributed by atoms with Gasteiger partial charge < -0.3 is 24.9 Å². The van der Waals surface area contributed by atoms with Gasteiger partial charge in [0, 0.05) is 5.57 Å². The summed E-state index contributed by atoms with van der Waals surface area (Å²) in [4.78, 5) is 29.8. The average Bonchev–Trinajstić information content (AvgIpc) is 2.57. The van der Waals surface area contributed by atoms with E-state index in [9.17, 15) is 24.6 Å². The Labute approximate surface area is 161 Å². The minimum absolute atomic E-state index is 0. The summed E-state index contributed by atoms with van der Waals surface area (Å²) >= 11 is 0. The van der Waals surface area contributed by atoms with Crippen LogP contribution in [-0.4, -0.2) is 46.1 Å². The molecule has 0 bridgehead atoms. The van der Waals surface area contributed by atoms with Crippen molar-refractivity contribution in [1.29, 1.82) is 0 Å². The molecule has 0 saturated heterocycles. The van der Waals surface area contributed by atoms with Crippen LogP contribution >= 0.6 is 0 Å². The van der Waals surface area contributed by atoms with Crippen LogP contribution in [0.25, 0.3) is 0 Å². The molecule has 2 rings (SSSR count). The Hall–Kier alpha value is -2.64. The molecule has 0 saturated carbocycles.